The molecule has 31 heavy (non-hydrogen) atoms. The fraction of sp³-hybridized carbons (Fsp3) is 0.200. The molecule has 0 bridgehead atoms. The van der Waals surface area contributed by atoms with Crippen molar-refractivity contribution in [2.75, 3.05) is 18.4 Å². The van der Waals surface area contributed by atoms with Crippen molar-refractivity contribution in [3.63, 3.8) is 0 Å². The Morgan fingerprint density at radius 3 is 2.52 bits per heavy atom. The molecule has 4 rings (SSSR count). The van der Waals surface area contributed by atoms with Crippen LogP contribution in [0.4, 0.5) is 10.8 Å². The maximum Gasteiger partial charge on any atom is 0.270 e. The molecule has 0 saturated carbocycles. The molecule has 1 aromatic heterocycles. The van der Waals surface area contributed by atoms with E-state index >= 15 is 0 Å². The fourth-order valence-corrected chi connectivity index (χ4v) is 5.50. The summed E-state index contributed by atoms with van der Waals surface area (Å²) < 4.78 is 26.6. The maximum atomic E-state index is 12.6. The Labute approximate surface area is 182 Å². The first-order chi connectivity index (χ1) is 14.8. The lowest BCUT2D eigenvalue weighted by Gasteiger charge is -2.15. The number of benzene rings is 2. The Kier molecular flexibility index (Phi) is 5.81. The molecule has 9 nitrogen and oxygen atoms in total. The number of rotatable bonds is 6. The standard InChI is InChI=1S/C20H18N4O5S2/c25-19(14-6-8-17(9-7-14)31(28,29)23-10-1-2-11-23)22-20-21-18(13-30-20)15-4-3-5-16(12-15)24(26)27/h3-9,12-13H,1-2,10-11H2,(H,21,22,25). The number of nitrogens with one attached hydrogen (secondary N) is 1. The van der Waals surface area contributed by atoms with Crippen LogP contribution in [0.2, 0.25) is 0 Å². The lowest BCUT2D eigenvalue weighted by atomic mass is 10.1. The molecule has 0 spiro atoms. The van der Waals surface area contributed by atoms with Gasteiger partial charge in [-0.3, -0.25) is 20.2 Å². The summed E-state index contributed by atoms with van der Waals surface area (Å²) in [5.74, 6) is -0.426. The molecule has 11 heteroatoms. The van der Waals surface area contributed by atoms with Crippen LogP contribution in [0, 0.1) is 10.1 Å². The first-order valence-electron chi connectivity index (χ1n) is 9.46. The minimum absolute atomic E-state index is 0.0416. The zero-order valence-corrected chi connectivity index (χ0v) is 17.9. The number of amides is 1. The number of anilines is 1. The molecule has 1 aliphatic heterocycles. The molecular weight excluding hydrogens is 440 g/mol. The van der Waals surface area contributed by atoms with Gasteiger partial charge < -0.3 is 0 Å². The minimum Gasteiger partial charge on any atom is -0.298 e. The monoisotopic (exact) mass is 458 g/mol. The number of hydrogen-bond acceptors (Lipinski definition) is 7. The number of nitro benzene ring substituents is 1. The Morgan fingerprint density at radius 2 is 1.84 bits per heavy atom. The zero-order chi connectivity index (χ0) is 22.0. The van der Waals surface area contributed by atoms with E-state index in [1.54, 1.807) is 17.5 Å². The van der Waals surface area contributed by atoms with E-state index in [4.69, 9.17) is 0 Å². The predicted octanol–water partition coefficient (Wildman–Crippen LogP) is 3.76. The predicted molar refractivity (Wildman–Crippen MR) is 117 cm³/mol. The highest BCUT2D eigenvalue weighted by Gasteiger charge is 2.27. The molecule has 0 unspecified atom stereocenters. The van der Waals surface area contributed by atoms with Gasteiger partial charge in [0, 0.05) is 41.7 Å². The van der Waals surface area contributed by atoms with Gasteiger partial charge in [0.1, 0.15) is 0 Å². The maximum absolute atomic E-state index is 12.6. The average molecular weight is 459 g/mol. The van der Waals surface area contributed by atoms with Crippen LogP contribution < -0.4 is 5.32 Å². The van der Waals surface area contributed by atoms with Gasteiger partial charge in [0.15, 0.2) is 5.13 Å². The Bertz CT molecular complexity index is 1230. The van der Waals surface area contributed by atoms with Crippen LogP contribution >= 0.6 is 11.3 Å². The number of non-ortho nitro benzene ring substituents is 1. The molecule has 0 aliphatic carbocycles. The van der Waals surface area contributed by atoms with Crippen LogP contribution in [0.1, 0.15) is 23.2 Å². The van der Waals surface area contributed by atoms with E-state index in [0.29, 0.717) is 35.0 Å². The number of aromatic nitrogens is 1. The van der Waals surface area contributed by atoms with Crippen LogP contribution in [-0.4, -0.2) is 41.6 Å². The Hall–Kier alpha value is -3.15. The van der Waals surface area contributed by atoms with Crippen LogP contribution in [0.5, 0.6) is 0 Å². The third kappa shape index (κ3) is 4.48. The summed E-state index contributed by atoms with van der Waals surface area (Å²) in [4.78, 5) is 27.5. The van der Waals surface area contributed by atoms with Gasteiger partial charge in [-0.1, -0.05) is 12.1 Å². The second-order valence-electron chi connectivity index (χ2n) is 6.94. The van der Waals surface area contributed by atoms with Crippen LogP contribution in [0.15, 0.2) is 58.8 Å². The van der Waals surface area contributed by atoms with Gasteiger partial charge in [0.2, 0.25) is 10.0 Å². The van der Waals surface area contributed by atoms with E-state index in [-0.39, 0.29) is 10.6 Å². The summed E-state index contributed by atoms with van der Waals surface area (Å²) in [5.41, 5.74) is 1.34. The average Bonchev–Trinajstić information content (AvgIpc) is 3.47. The lowest BCUT2D eigenvalue weighted by Crippen LogP contribution is -2.27. The first kappa shape index (κ1) is 21.1. The van der Waals surface area contributed by atoms with Gasteiger partial charge in [0.25, 0.3) is 11.6 Å². The van der Waals surface area contributed by atoms with Crippen LogP contribution in [-0.2, 0) is 10.0 Å². The second-order valence-corrected chi connectivity index (χ2v) is 9.73. The van der Waals surface area contributed by atoms with E-state index < -0.39 is 20.9 Å². The van der Waals surface area contributed by atoms with Crippen molar-refractivity contribution >= 4 is 38.1 Å². The van der Waals surface area contributed by atoms with Gasteiger partial charge in [-0.25, -0.2) is 13.4 Å². The van der Waals surface area contributed by atoms with E-state index in [2.05, 4.69) is 10.3 Å². The van der Waals surface area contributed by atoms with Crippen molar-refractivity contribution in [3.8, 4) is 11.3 Å². The molecule has 2 heterocycles. The molecule has 0 radical (unpaired) electrons. The summed E-state index contributed by atoms with van der Waals surface area (Å²) >= 11 is 1.19. The van der Waals surface area contributed by atoms with Gasteiger partial charge >= 0.3 is 0 Å². The molecule has 0 atom stereocenters. The molecule has 1 fully saturated rings. The molecule has 160 valence electrons. The number of nitro groups is 1. The van der Waals surface area contributed by atoms with Gasteiger partial charge in [-0.15, -0.1) is 11.3 Å². The van der Waals surface area contributed by atoms with E-state index in [0.717, 1.165) is 12.8 Å². The van der Waals surface area contributed by atoms with Crippen molar-refractivity contribution < 1.29 is 18.1 Å². The number of hydrogen-bond donors (Lipinski definition) is 1. The summed E-state index contributed by atoms with van der Waals surface area (Å²) in [6, 6.07) is 11.9. The summed E-state index contributed by atoms with van der Waals surface area (Å²) in [6.07, 6.45) is 1.71. The molecular formula is C20H18N4O5S2. The first-order valence-corrected chi connectivity index (χ1v) is 11.8. The SMILES string of the molecule is O=C(Nc1nc(-c2cccc([N+](=O)[O-])c2)cs1)c1ccc(S(=O)(=O)N2CCCC2)cc1. The number of nitrogens with zero attached hydrogens (tertiary/aromatic N) is 3. The third-order valence-electron chi connectivity index (χ3n) is 4.90. The quantitative estimate of drug-likeness (QED) is 0.443. The number of carbonyl (C=O) groups excluding carboxylic acids is 1. The highest BCUT2D eigenvalue weighted by Crippen LogP contribution is 2.28. The molecule has 2 aromatic carbocycles. The van der Waals surface area contributed by atoms with Gasteiger partial charge in [-0.2, -0.15) is 4.31 Å². The number of thiazole rings is 1. The minimum atomic E-state index is -3.53. The molecule has 3 aromatic rings. The van der Waals surface area contributed by atoms with E-state index in [1.165, 1.54) is 52.0 Å². The zero-order valence-electron chi connectivity index (χ0n) is 16.2. The van der Waals surface area contributed by atoms with Crippen molar-refractivity contribution in [3.05, 3.63) is 69.6 Å². The number of sulfonamides is 1. The van der Waals surface area contributed by atoms with Crippen LogP contribution in [0.25, 0.3) is 11.3 Å². The molecule has 1 amide bonds. The summed E-state index contributed by atoms with van der Waals surface area (Å²) in [7, 11) is -3.53. The topological polar surface area (TPSA) is 123 Å². The van der Waals surface area contributed by atoms with Crippen LogP contribution in [0.3, 0.4) is 0 Å². The van der Waals surface area contributed by atoms with E-state index in [1.807, 2.05) is 0 Å². The second kappa shape index (κ2) is 8.53. The van der Waals surface area contributed by atoms with Crippen molar-refractivity contribution in [1.29, 1.82) is 0 Å². The largest absolute Gasteiger partial charge is 0.298 e. The third-order valence-corrected chi connectivity index (χ3v) is 7.57. The number of carbonyl (C=O) groups is 1. The molecule has 1 saturated heterocycles. The lowest BCUT2D eigenvalue weighted by molar-refractivity contribution is -0.384. The fourth-order valence-electron chi connectivity index (χ4n) is 3.27. The Morgan fingerprint density at radius 1 is 1.13 bits per heavy atom. The summed E-state index contributed by atoms with van der Waals surface area (Å²) in [5, 5.41) is 15.6. The van der Waals surface area contributed by atoms with Gasteiger partial charge in [0.05, 0.1) is 15.5 Å². The molecule has 1 N–H and O–H groups in total. The highest BCUT2D eigenvalue weighted by atomic mass is 32.2. The smallest absolute Gasteiger partial charge is 0.270 e. The van der Waals surface area contributed by atoms with Crippen molar-refractivity contribution in [1.82, 2.24) is 9.29 Å². The molecule has 1 aliphatic rings. The van der Waals surface area contributed by atoms with Crippen molar-refractivity contribution in [2.24, 2.45) is 0 Å². The van der Waals surface area contributed by atoms with Gasteiger partial charge in [-0.05, 0) is 37.1 Å². The van der Waals surface area contributed by atoms with Crippen molar-refractivity contribution in [2.45, 2.75) is 17.7 Å². The van der Waals surface area contributed by atoms with E-state index in [9.17, 15) is 23.3 Å². The summed E-state index contributed by atoms with van der Waals surface area (Å²) in [6.45, 7) is 1.03. The normalized spacial score (nSPS) is 14.5. The Balaban J connectivity index is 1.47. The highest BCUT2D eigenvalue weighted by molar-refractivity contribution is 7.89.